The topological polar surface area (TPSA) is 29.5 Å². The van der Waals surface area contributed by atoms with Gasteiger partial charge in [-0.25, -0.2) is 0 Å². The van der Waals surface area contributed by atoms with Gasteiger partial charge < -0.3 is 9.64 Å². The number of rotatable bonds is 7. The van der Waals surface area contributed by atoms with Crippen molar-refractivity contribution in [2.75, 3.05) is 32.7 Å². The predicted octanol–water partition coefficient (Wildman–Crippen LogP) is 1.99. The Hall–Kier alpha value is -0.280. The summed E-state index contributed by atoms with van der Waals surface area (Å²) in [5.41, 5.74) is 0. The van der Waals surface area contributed by atoms with Gasteiger partial charge in [0.1, 0.15) is 0 Å². The van der Waals surface area contributed by atoms with Crippen LogP contribution in [0.5, 0.6) is 0 Å². The van der Waals surface area contributed by atoms with Gasteiger partial charge in [0.2, 0.25) is 5.91 Å². The van der Waals surface area contributed by atoms with Crippen LogP contribution in [0.25, 0.3) is 0 Å². The summed E-state index contributed by atoms with van der Waals surface area (Å²) < 4.78 is 4.97. The average molecular weight is 236 g/mol. The molecule has 0 heterocycles. The van der Waals surface area contributed by atoms with Crippen LogP contribution in [-0.4, -0.2) is 43.5 Å². The third kappa shape index (κ3) is 5.38. The summed E-state index contributed by atoms with van der Waals surface area (Å²) in [5.74, 6) is 1.05. The first-order valence-corrected chi connectivity index (χ1v) is 5.91. The average Bonchev–Trinajstić information content (AvgIpc) is 2.22. The summed E-state index contributed by atoms with van der Waals surface area (Å²) >= 11 is 5.67. The molecule has 0 aliphatic rings. The van der Waals surface area contributed by atoms with E-state index in [-0.39, 0.29) is 11.8 Å². The highest BCUT2D eigenvalue weighted by atomic mass is 35.5. The van der Waals surface area contributed by atoms with Gasteiger partial charge in [0.25, 0.3) is 0 Å². The van der Waals surface area contributed by atoms with Crippen LogP contribution in [0.1, 0.15) is 20.8 Å². The molecule has 0 fully saturated rings. The second-order valence-electron chi connectivity index (χ2n) is 4.04. The number of carbonyl (C=O) groups excluding carboxylic acids is 1. The Morgan fingerprint density at radius 3 is 2.33 bits per heavy atom. The highest BCUT2D eigenvalue weighted by Gasteiger charge is 2.22. The fraction of sp³-hybridized carbons (Fsp3) is 0.909. The van der Waals surface area contributed by atoms with Crippen LogP contribution >= 0.6 is 11.6 Å². The first-order chi connectivity index (χ1) is 7.04. The van der Waals surface area contributed by atoms with Crippen molar-refractivity contribution in [2.24, 2.45) is 11.8 Å². The Bertz CT molecular complexity index is 185. The molecule has 1 unspecified atom stereocenters. The first-order valence-electron chi connectivity index (χ1n) is 5.38. The van der Waals surface area contributed by atoms with Gasteiger partial charge in [-0.1, -0.05) is 20.8 Å². The Kier molecular flexibility index (Phi) is 7.79. The van der Waals surface area contributed by atoms with Gasteiger partial charge in [0.05, 0.1) is 6.61 Å². The molecule has 15 heavy (non-hydrogen) atoms. The van der Waals surface area contributed by atoms with Crippen molar-refractivity contribution >= 4 is 17.5 Å². The van der Waals surface area contributed by atoms with E-state index in [0.29, 0.717) is 31.5 Å². The largest absolute Gasteiger partial charge is 0.383 e. The van der Waals surface area contributed by atoms with Crippen molar-refractivity contribution < 1.29 is 9.53 Å². The Balaban J connectivity index is 4.26. The van der Waals surface area contributed by atoms with Crippen molar-refractivity contribution in [2.45, 2.75) is 20.8 Å². The maximum Gasteiger partial charge on any atom is 0.225 e. The molecule has 90 valence electrons. The number of nitrogens with zero attached hydrogens (tertiary/aromatic N) is 1. The molecule has 0 spiro atoms. The van der Waals surface area contributed by atoms with E-state index < -0.39 is 0 Å². The van der Waals surface area contributed by atoms with Crippen LogP contribution in [0.15, 0.2) is 0 Å². The maximum atomic E-state index is 12.0. The van der Waals surface area contributed by atoms with Gasteiger partial charge in [-0.15, -0.1) is 11.6 Å². The lowest BCUT2D eigenvalue weighted by atomic mass is 9.96. The molecule has 1 atom stereocenters. The molecular formula is C11H22ClNO2. The standard InChI is InChI=1S/C11H22ClNO2/c1-9(2)10(3)11(14)13(6-5-12)7-8-15-4/h9-10H,5-8H2,1-4H3. The Morgan fingerprint density at radius 2 is 1.93 bits per heavy atom. The van der Waals surface area contributed by atoms with Gasteiger partial charge in [0.15, 0.2) is 0 Å². The zero-order valence-corrected chi connectivity index (χ0v) is 10.9. The van der Waals surface area contributed by atoms with Crippen LogP contribution in [-0.2, 0) is 9.53 Å². The summed E-state index contributed by atoms with van der Waals surface area (Å²) in [4.78, 5) is 13.8. The molecule has 0 N–H and O–H groups in total. The predicted molar refractivity (Wildman–Crippen MR) is 63.2 cm³/mol. The van der Waals surface area contributed by atoms with Gasteiger partial charge >= 0.3 is 0 Å². The first kappa shape index (κ1) is 14.7. The molecule has 0 aromatic rings. The highest BCUT2D eigenvalue weighted by Crippen LogP contribution is 2.13. The SMILES string of the molecule is COCCN(CCCl)C(=O)C(C)C(C)C. The van der Waals surface area contributed by atoms with E-state index in [1.54, 1.807) is 12.0 Å². The van der Waals surface area contributed by atoms with E-state index in [1.165, 1.54) is 0 Å². The minimum Gasteiger partial charge on any atom is -0.383 e. The van der Waals surface area contributed by atoms with Crippen molar-refractivity contribution in [1.82, 2.24) is 4.90 Å². The third-order valence-corrected chi connectivity index (χ3v) is 2.79. The van der Waals surface area contributed by atoms with E-state index >= 15 is 0 Å². The van der Waals surface area contributed by atoms with Gasteiger partial charge in [-0.3, -0.25) is 4.79 Å². The van der Waals surface area contributed by atoms with Crippen LogP contribution in [0.2, 0.25) is 0 Å². The highest BCUT2D eigenvalue weighted by molar-refractivity contribution is 6.18. The van der Waals surface area contributed by atoms with Crippen molar-refractivity contribution in [1.29, 1.82) is 0 Å². The summed E-state index contributed by atoms with van der Waals surface area (Å²) in [5, 5.41) is 0. The molecule has 4 heteroatoms. The molecule has 0 aliphatic heterocycles. The maximum absolute atomic E-state index is 12.0. The zero-order valence-electron chi connectivity index (χ0n) is 10.1. The molecule has 0 aromatic heterocycles. The number of hydrogen-bond acceptors (Lipinski definition) is 2. The molecule has 0 bridgehead atoms. The second kappa shape index (κ2) is 7.94. The van der Waals surface area contributed by atoms with Crippen LogP contribution in [0, 0.1) is 11.8 Å². The fourth-order valence-electron chi connectivity index (χ4n) is 1.21. The van der Waals surface area contributed by atoms with Crippen molar-refractivity contribution in [3.63, 3.8) is 0 Å². The van der Waals surface area contributed by atoms with Crippen molar-refractivity contribution in [3.8, 4) is 0 Å². The Labute approximate surface area is 97.7 Å². The van der Waals surface area contributed by atoms with Gasteiger partial charge in [0, 0.05) is 32.0 Å². The molecule has 0 aromatic carbocycles. The smallest absolute Gasteiger partial charge is 0.225 e. The lowest BCUT2D eigenvalue weighted by Gasteiger charge is -2.26. The molecular weight excluding hydrogens is 214 g/mol. The molecule has 3 nitrogen and oxygen atoms in total. The van der Waals surface area contributed by atoms with E-state index in [0.717, 1.165) is 0 Å². The quantitative estimate of drug-likeness (QED) is 0.632. The van der Waals surface area contributed by atoms with E-state index in [2.05, 4.69) is 13.8 Å². The Morgan fingerprint density at radius 1 is 1.33 bits per heavy atom. The molecule has 0 aliphatic carbocycles. The summed E-state index contributed by atoms with van der Waals surface area (Å²) in [6.07, 6.45) is 0. The van der Waals surface area contributed by atoms with Crippen LogP contribution < -0.4 is 0 Å². The van der Waals surface area contributed by atoms with E-state index in [1.807, 2.05) is 6.92 Å². The monoisotopic (exact) mass is 235 g/mol. The van der Waals surface area contributed by atoms with E-state index in [9.17, 15) is 4.79 Å². The molecule has 0 saturated carbocycles. The lowest BCUT2D eigenvalue weighted by molar-refractivity contribution is -0.136. The summed E-state index contributed by atoms with van der Waals surface area (Å²) in [6.45, 7) is 7.85. The molecule has 0 rings (SSSR count). The summed E-state index contributed by atoms with van der Waals surface area (Å²) in [7, 11) is 1.63. The third-order valence-electron chi connectivity index (χ3n) is 2.62. The second-order valence-corrected chi connectivity index (χ2v) is 4.42. The minimum absolute atomic E-state index is 0.0464. The number of amides is 1. The number of hydrogen-bond donors (Lipinski definition) is 0. The van der Waals surface area contributed by atoms with E-state index in [4.69, 9.17) is 16.3 Å². The van der Waals surface area contributed by atoms with Crippen LogP contribution in [0.3, 0.4) is 0 Å². The number of alkyl halides is 1. The number of halogens is 1. The lowest BCUT2D eigenvalue weighted by Crippen LogP contribution is -2.40. The van der Waals surface area contributed by atoms with Gasteiger partial charge in [-0.2, -0.15) is 0 Å². The number of carbonyl (C=O) groups is 1. The molecule has 1 amide bonds. The minimum atomic E-state index is 0.0464. The number of ether oxygens (including phenoxy) is 1. The van der Waals surface area contributed by atoms with Gasteiger partial charge in [-0.05, 0) is 5.92 Å². The number of methoxy groups -OCH3 is 1. The molecule has 0 saturated heterocycles. The normalized spacial score (nSPS) is 12.9. The zero-order chi connectivity index (χ0) is 11.8. The summed E-state index contributed by atoms with van der Waals surface area (Å²) in [6, 6.07) is 0. The van der Waals surface area contributed by atoms with Crippen molar-refractivity contribution in [3.05, 3.63) is 0 Å². The molecule has 0 radical (unpaired) electrons. The van der Waals surface area contributed by atoms with Crippen LogP contribution in [0.4, 0.5) is 0 Å². The fourth-order valence-corrected chi connectivity index (χ4v) is 1.41.